The molecule has 1 N–H and O–H groups in total. The Morgan fingerprint density at radius 3 is 2.76 bits per heavy atom. The number of rotatable bonds is 3. The van der Waals surface area contributed by atoms with Crippen LogP contribution in [0.2, 0.25) is 10.3 Å². The summed E-state index contributed by atoms with van der Waals surface area (Å²) in [6, 6.07) is 1.22. The van der Waals surface area contributed by atoms with E-state index in [1.165, 1.54) is 6.07 Å². The summed E-state index contributed by atoms with van der Waals surface area (Å²) in [4.78, 5) is 28.2. The predicted molar refractivity (Wildman–Crippen MR) is 95.5 cm³/mol. The normalized spacial score (nSPS) is 18.0. The molecule has 0 bridgehead atoms. The van der Waals surface area contributed by atoms with Crippen molar-refractivity contribution < 1.29 is 14.5 Å². The number of pyridine rings is 1. The lowest BCUT2D eigenvalue weighted by Crippen LogP contribution is -2.49. The fourth-order valence-electron chi connectivity index (χ4n) is 2.66. The van der Waals surface area contributed by atoms with E-state index in [4.69, 9.17) is 27.9 Å². The Morgan fingerprint density at radius 2 is 2.16 bits per heavy atom. The molecule has 0 spiro atoms. The summed E-state index contributed by atoms with van der Waals surface area (Å²) in [5, 5.41) is 14.0. The minimum atomic E-state index is -0.594. The molecule has 25 heavy (non-hydrogen) atoms. The van der Waals surface area contributed by atoms with Crippen LogP contribution in [0.25, 0.3) is 0 Å². The summed E-state index contributed by atoms with van der Waals surface area (Å²) in [7, 11) is 0. The molecule has 0 unspecified atom stereocenters. The number of nitro groups is 1. The molecule has 2 rings (SSSR count). The van der Waals surface area contributed by atoms with Gasteiger partial charge in [-0.25, -0.2) is 9.78 Å². The molecular weight excluding hydrogens is 371 g/mol. The largest absolute Gasteiger partial charge is 0.444 e. The highest BCUT2D eigenvalue weighted by molar-refractivity contribution is 6.34. The molecule has 1 aliphatic rings. The number of nitrogens with one attached hydrogen (secondary N) is 1. The van der Waals surface area contributed by atoms with Gasteiger partial charge in [0.2, 0.25) is 5.15 Å². The maximum Gasteiger partial charge on any atom is 0.407 e. The Bertz CT molecular complexity index is 678. The van der Waals surface area contributed by atoms with Crippen molar-refractivity contribution in [1.29, 1.82) is 0 Å². The number of aromatic nitrogens is 1. The van der Waals surface area contributed by atoms with E-state index in [0.717, 1.165) is 12.8 Å². The number of hydrogen-bond acceptors (Lipinski definition) is 6. The summed E-state index contributed by atoms with van der Waals surface area (Å²) in [6.45, 7) is 6.32. The van der Waals surface area contributed by atoms with E-state index in [1.807, 2.05) is 0 Å². The third-order valence-corrected chi connectivity index (χ3v) is 4.02. The minimum Gasteiger partial charge on any atom is -0.444 e. The molecule has 1 atom stereocenters. The highest BCUT2D eigenvalue weighted by atomic mass is 35.5. The number of carbonyl (C=O) groups is 1. The molecule has 10 heteroatoms. The first kappa shape index (κ1) is 19.5. The Kier molecular flexibility index (Phi) is 5.95. The lowest BCUT2D eigenvalue weighted by atomic mass is 10.0. The molecule has 8 nitrogen and oxygen atoms in total. The van der Waals surface area contributed by atoms with Gasteiger partial charge in [0, 0.05) is 25.2 Å². The van der Waals surface area contributed by atoms with Crippen molar-refractivity contribution in [2.45, 2.75) is 45.3 Å². The second kappa shape index (κ2) is 7.61. The summed E-state index contributed by atoms with van der Waals surface area (Å²) in [5.41, 5.74) is -0.585. The van der Waals surface area contributed by atoms with Crippen LogP contribution in [0, 0.1) is 10.1 Å². The van der Waals surface area contributed by atoms with Crippen molar-refractivity contribution in [3.8, 4) is 0 Å². The van der Waals surface area contributed by atoms with Crippen LogP contribution in [0.4, 0.5) is 16.2 Å². The molecule has 1 aliphatic heterocycles. The van der Waals surface area contributed by atoms with Gasteiger partial charge in [-0.3, -0.25) is 10.1 Å². The van der Waals surface area contributed by atoms with Crippen molar-refractivity contribution in [3.05, 3.63) is 26.5 Å². The molecule has 138 valence electrons. The molecule has 2 heterocycles. The van der Waals surface area contributed by atoms with Gasteiger partial charge in [-0.05, 0) is 33.6 Å². The standard InChI is InChI=1S/C15H20Cl2N4O4/c1-15(2,3)25-14(22)18-9-5-4-6-20(8-9)10-7-11(16)19-13(17)12(10)21(23)24/h7,9H,4-6,8H2,1-3H3,(H,18,22)/t9-/m1/s1. The molecule has 0 radical (unpaired) electrons. The van der Waals surface area contributed by atoms with Gasteiger partial charge >= 0.3 is 11.8 Å². The smallest absolute Gasteiger partial charge is 0.407 e. The fourth-order valence-corrected chi connectivity index (χ4v) is 3.15. The molecule has 1 saturated heterocycles. The quantitative estimate of drug-likeness (QED) is 0.478. The van der Waals surface area contributed by atoms with Crippen LogP contribution in [0.15, 0.2) is 6.07 Å². The van der Waals surface area contributed by atoms with E-state index in [1.54, 1.807) is 25.7 Å². The summed E-state index contributed by atoms with van der Waals surface area (Å²) in [6.07, 6.45) is 0.977. The number of hydrogen-bond donors (Lipinski definition) is 1. The first-order chi connectivity index (χ1) is 11.6. The number of nitrogens with zero attached hydrogens (tertiary/aromatic N) is 3. The Morgan fingerprint density at radius 1 is 1.48 bits per heavy atom. The number of ether oxygens (including phenoxy) is 1. The summed E-state index contributed by atoms with van der Waals surface area (Å²) < 4.78 is 5.25. The second-order valence-corrected chi connectivity index (χ2v) is 7.54. The lowest BCUT2D eigenvalue weighted by molar-refractivity contribution is -0.384. The van der Waals surface area contributed by atoms with Gasteiger partial charge in [0.1, 0.15) is 16.4 Å². The van der Waals surface area contributed by atoms with E-state index in [-0.39, 0.29) is 22.0 Å². The highest BCUT2D eigenvalue weighted by Crippen LogP contribution is 2.37. The maximum atomic E-state index is 11.9. The zero-order valence-corrected chi connectivity index (χ0v) is 15.7. The van der Waals surface area contributed by atoms with Crippen LogP contribution in [0.1, 0.15) is 33.6 Å². The number of amides is 1. The fraction of sp³-hybridized carbons (Fsp3) is 0.600. The van der Waals surface area contributed by atoms with Crippen molar-refractivity contribution >= 4 is 40.7 Å². The topological polar surface area (TPSA) is 97.6 Å². The third kappa shape index (κ3) is 5.34. The van der Waals surface area contributed by atoms with Crippen molar-refractivity contribution in [2.24, 2.45) is 0 Å². The van der Waals surface area contributed by atoms with Crippen LogP contribution in [0.5, 0.6) is 0 Å². The van der Waals surface area contributed by atoms with E-state index in [9.17, 15) is 14.9 Å². The summed E-state index contributed by atoms with van der Waals surface area (Å²) >= 11 is 11.8. The molecular formula is C15H20Cl2N4O4. The van der Waals surface area contributed by atoms with Crippen LogP contribution < -0.4 is 10.2 Å². The minimum absolute atomic E-state index is 0.0767. The van der Waals surface area contributed by atoms with Crippen LogP contribution in [0.3, 0.4) is 0 Å². The average molecular weight is 391 g/mol. The van der Waals surface area contributed by atoms with Gasteiger partial charge in [0.25, 0.3) is 0 Å². The average Bonchev–Trinajstić information content (AvgIpc) is 2.43. The van der Waals surface area contributed by atoms with Gasteiger partial charge in [-0.15, -0.1) is 0 Å². The first-order valence-electron chi connectivity index (χ1n) is 7.81. The van der Waals surface area contributed by atoms with Crippen LogP contribution in [-0.2, 0) is 4.74 Å². The monoisotopic (exact) mass is 390 g/mol. The zero-order valence-electron chi connectivity index (χ0n) is 14.2. The number of carbonyl (C=O) groups excluding carboxylic acids is 1. The summed E-state index contributed by atoms with van der Waals surface area (Å²) in [5.74, 6) is 0. The lowest BCUT2D eigenvalue weighted by Gasteiger charge is -2.34. The molecule has 1 aromatic heterocycles. The second-order valence-electron chi connectivity index (χ2n) is 6.79. The molecule has 1 fully saturated rings. The number of anilines is 1. The Labute approximate surface area is 155 Å². The van der Waals surface area contributed by atoms with Crippen LogP contribution >= 0.6 is 23.2 Å². The predicted octanol–water partition coefficient (Wildman–Crippen LogP) is 3.79. The van der Waals surface area contributed by atoms with Crippen molar-refractivity contribution in [3.63, 3.8) is 0 Å². The SMILES string of the molecule is CC(C)(C)OC(=O)N[C@@H]1CCCN(c2cc(Cl)nc(Cl)c2[N+](=O)[O-])C1. The number of halogens is 2. The van der Waals surface area contributed by atoms with Gasteiger partial charge < -0.3 is 15.0 Å². The van der Waals surface area contributed by atoms with Gasteiger partial charge in [-0.1, -0.05) is 23.2 Å². The van der Waals surface area contributed by atoms with E-state index >= 15 is 0 Å². The highest BCUT2D eigenvalue weighted by Gasteiger charge is 2.30. The molecule has 1 amide bonds. The van der Waals surface area contributed by atoms with Gasteiger partial charge in [0.05, 0.1) is 4.92 Å². The van der Waals surface area contributed by atoms with Crippen LogP contribution in [-0.4, -0.2) is 40.7 Å². The number of piperidine rings is 1. The first-order valence-corrected chi connectivity index (χ1v) is 8.57. The molecule has 0 saturated carbocycles. The zero-order chi connectivity index (χ0) is 18.8. The third-order valence-electron chi connectivity index (χ3n) is 3.56. The van der Waals surface area contributed by atoms with E-state index in [0.29, 0.717) is 18.8 Å². The maximum absolute atomic E-state index is 11.9. The van der Waals surface area contributed by atoms with E-state index < -0.39 is 16.6 Å². The number of alkyl carbamates (subject to hydrolysis) is 1. The van der Waals surface area contributed by atoms with Crippen molar-refractivity contribution in [1.82, 2.24) is 10.3 Å². The molecule has 1 aromatic rings. The van der Waals surface area contributed by atoms with E-state index in [2.05, 4.69) is 10.3 Å². The molecule has 0 aliphatic carbocycles. The van der Waals surface area contributed by atoms with Gasteiger partial charge in [-0.2, -0.15) is 0 Å². The Balaban J connectivity index is 2.16. The Hall–Kier alpha value is -1.80. The van der Waals surface area contributed by atoms with Crippen molar-refractivity contribution in [2.75, 3.05) is 18.0 Å². The molecule has 0 aromatic carbocycles. The van der Waals surface area contributed by atoms with Gasteiger partial charge in [0.15, 0.2) is 0 Å².